The molecule has 1 fully saturated rings. The lowest BCUT2D eigenvalue weighted by Gasteiger charge is -2.29. The van der Waals surface area contributed by atoms with Crippen molar-refractivity contribution in [3.63, 3.8) is 0 Å². The summed E-state index contributed by atoms with van der Waals surface area (Å²) in [6.07, 6.45) is -2.63. The van der Waals surface area contributed by atoms with Crippen LogP contribution in [-0.4, -0.2) is 26.2 Å². The number of hydrogen-bond donors (Lipinski definition) is 1. The average Bonchev–Trinajstić information content (AvgIpc) is 2.29. The van der Waals surface area contributed by atoms with Crippen LogP contribution in [0.25, 0.3) is 0 Å². The van der Waals surface area contributed by atoms with Crippen molar-refractivity contribution in [2.45, 2.75) is 6.43 Å². The van der Waals surface area contributed by atoms with Gasteiger partial charge in [-0.05, 0) is 18.2 Å². The first-order valence-electron chi connectivity index (χ1n) is 5.21. The molecule has 7 heteroatoms. The smallest absolute Gasteiger partial charge is 0.264 e. The third kappa shape index (κ3) is 4.23. The predicted octanol–water partition coefficient (Wildman–Crippen LogP) is 3.02. The molecule has 0 amide bonds. The third-order valence-electron chi connectivity index (χ3n) is 2.64. The van der Waals surface area contributed by atoms with Crippen LogP contribution in [0.1, 0.15) is 12.0 Å². The van der Waals surface area contributed by atoms with E-state index in [1.165, 1.54) is 12.1 Å². The lowest BCUT2D eigenvalue weighted by Crippen LogP contribution is -2.43. The van der Waals surface area contributed by atoms with Crippen molar-refractivity contribution in [1.82, 2.24) is 5.32 Å². The van der Waals surface area contributed by atoms with Crippen LogP contribution in [0.4, 0.5) is 18.9 Å². The number of rotatable bonds is 2. The lowest BCUT2D eigenvalue weighted by molar-refractivity contribution is 0.151. The number of halogens is 5. The van der Waals surface area contributed by atoms with Gasteiger partial charge in [-0.3, -0.25) is 0 Å². The van der Waals surface area contributed by atoms with Crippen LogP contribution in [0, 0.1) is 5.82 Å². The molecular formula is C11H15Cl2F3N2. The van der Waals surface area contributed by atoms with E-state index in [1.54, 1.807) is 0 Å². The van der Waals surface area contributed by atoms with Crippen LogP contribution < -0.4 is 10.2 Å². The molecule has 1 aliphatic heterocycles. The molecule has 1 aliphatic rings. The SMILES string of the molecule is Cl.Cl.Fc1cc(C(F)F)cc(N2CCNCC2)c1. The molecule has 0 aromatic heterocycles. The maximum absolute atomic E-state index is 13.2. The summed E-state index contributed by atoms with van der Waals surface area (Å²) in [5, 5.41) is 3.15. The summed E-state index contributed by atoms with van der Waals surface area (Å²) >= 11 is 0. The fourth-order valence-corrected chi connectivity index (χ4v) is 1.83. The van der Waals surface area contributed by atoms with Gasteiger partial charge in [0.25, 0.3) is 6.43 Å². The second kappa shape index (κ2) is 7.71. The van der Waals surface area contributed by atoms with Gasteiger partial charge in [0.15, 0.2) is 0 Å². The van der Waals surface area contributed by atoms with E-state index in [0.29, 0.717) is 18.8 Å². The van der Waals surface area contributed by atoms with Crippen LogP contribution >= 0.6 is 24.8 Å². The van der Waals surface area contributed by atoms with Crippen molar-refractivity contribution in [3.8, 4) is 0 Å². The summed E-state index contributed by atoms with van der Waals surface area (Å²) < 4.78 is 38.2. The summed E-state index contributed by atoms with van der Waals surface area (Å²) in [6, 6.07) is 3.55. The Hall–Kier alpha value is -0.650. The van der Waals surface area contributed by atoms with Gasteiger partial charge in [-0.25, -0.2) is 13.2 Å². The van der Waals surface area contributed by atoms with E-state index in [2.05, 4.69) is 5.32 Å². The predicted molar refractivity (Wildman–Crippen MR) is 70.9 cm³/mol. The van der Waals surface area contributed by atoms with Gasteiger partial charge in [0.05, 0.1) is 0 Å². The fraction of sp³-hybridized carbons (Fsp3) is 0.455. The molecule has 0 radical (unpaired) electrons. The second-order valence-corrected chi connectivity index (χ2v) is 3.78. The largest absolute Gasteiger partial charge is 0.369 e. The zero-order valence-corrected chi connectivity index (χ0v) is 11.2. The number of piperazine rings is 1. The molecule has 1 aromatic rings. The normalized spacial score (nSPS) is 15.0. The Balaban J connectivity index is 0.00000144. The minimum absolute atomic E-state index is 0. The first kappa shape index (κ1) is 17.4. The third-order valence-corrected chi connectivity index (χ3v) is 2.64. The van der Waals surface area contributed by atoms with Crippen LogP contribution in [0.3, 0.4) is 0 Å². The number of hydrogen-bond acceptors (Lipinski definition) is 2. The zero-order chi connectivity index (χ0) is 11.5. The van der Waals surface area contributed by atoms with Crippen LogP contribution in [-0.2, 0) is 0 Å². The molecule has 0 spiro atoms. The molecule has 1 aromatic carbocycles. The Bertz CT molecular complexity index is 371. The summed E-state index contributed by atoms with van der Waals surface area (Å²) in [4.78, 5) is 1.91. The van der Waals surface area contributed by atoms with Gasteiger partial charge in [0, 0.05) is 37.4 Å². The molecule has 18 heavy (non-hydrogen) atoms. The first-order chi connectivity index (χ1) is 7.66. The average molecular weight is 303 g/mol. The van der Waals surface area contributed by atoms with Crippen LogP contribution in [0.15, 0.2) is 18.2 Å². The molecule has 0 atom stereocenters. The van der Waals surface area contributed by atoms with Gasteiger partial charge in [0.1, 0.15) is 5.82 Å². The Morgan fingerprint density at radius 1 is 1.06 bits per heavy atom. The highest BCUT2D eigenvalue weighted by molar-refractivity contribution is 5.85. The van der Waals surface area contributed by atoms with Gasteiger partial charge >= 0.3 is 0 Å². The van der Waals surface area contributed by atoms with Crippen LogP contribution in [0.2, 0.25) is 0 Å². The molecule has 2 nitrogen and oxygen atoms in total. The van der Waals surface area contributed by atoms with Crippen molar-refractivity contribution >= 4 is 30.5 Å². The quantitative estimate of drug-likeness (QED) is 0.903. The molecule has 2 rings (SSSR count). The maximum atomic E-state index is 13.2. The van der Waals surface area contributed by atoms with Crippen molar-refractivity contribution < 1.29 is 13.2 Å². The number of nitrogens with zero attached hydrogens (tertiary/aromatic N) is 1. The molecule has 1 saturated heterocycles. The van der Waals surface area contributed by atoms with Crippen molar-refractivity contribution in [2.24, 2.45) is 0 Å². The molecule has 0 aliphatic carbocycles. The number of benzene rings is 1. The highest BCUT2D eigenvalue weighted by Gasteiger charge is 2.15. The minimum atomic E-state index is -2.63. The Labute approximate surface area is 116 Å². The van der Waals surface area contributed by atoms with Gasteiger partial charge in [-0.1, -0.05) is 0 Å². The van der Waals surface area contributed by atoms with Gasteiger partial charge < -0.3 is 10.2 Å². The van der Waals surface area contributed by atoms with E-state index in [0.717, 1.165) is 19.2 Å². The highest BCUT2D eigenvalue weighted by atomic mass is 35.5. The van der Waals surface area contributed by atoms with E-state index in [1.807, 2.05) is 4.90 Å². The van der Waals surface area contributed by atoms with Crippen molar-refractivity contribution in [2.75, 3.05) is 31.1 Å². The highest BCUT2D eigenvalue weighted by Crippen LogP contribution is 2.25. The monoisotopic (exact) mass is 302 g/mol. The molecular weight excluding hydrogens is 288 g/mol. The molecule has 1 heterocycles. The fourth-order valence-electron chi connectivity index (χ4n) is 1.83. The standard InChI is InChI=1S/C11H13F3N2.2ClH/c12-9-5-8(11(13)14)6-10(7-9)16-3-1-15-2-4-16;;/h5-7,11,15H,1-4H2;2*1H. The van der Waals surface area contributed by atoms with E-state index in [-0.39, 0.29) is 30.4 Å². The van der Waals surface area contributed by atoms with Crippen molar-refractivity contribution in [1.29, 1.82) is 0 Å². The van der Waals surface area contributed by atoms with Crippen molar-refractivity contribution in [3.05, 3.63) is 29.6 Å². The van der Waals surface area contributed by atoms with E-state index in [9.17, 15) is 13.2 Å². The topological polar surface area (TPSA) is 15.3 Å². The van der Waals surface area contributed by atoms with E-state index >= 15 is 0 Å². The van der Waals surface area contributed by atoms with E-state index in [4.69, 9.17) is 0 Å². The Morgan fingerprint density at radius 2 is 1.67 bits per heavy atom. The number of anilines is 1. The summed E-state index contributed by atoms with van der Waals surface area (Å²) in [5.74, 6) is -0.605. The maximum Gasteiger partial charge on any atom is 0.264 e. The number of alkyl halides is 2. The summed E-state index contributed by atoms with van der Waals surface area (Å²) in [7, 11) is 0. The van der Waals surface area contributed by atoms with Crippen LogP contribution in [0.5, 0.6) is 0 Å². The minimum Gasteiger partial charge on any atom is -0.369 e. The first-order valence-corrected chi connectivity index (χ1v) is 5.21. The summed E-state index contributed by atoms with van der Waals surface area (Å²) in [6.45, 7) is 3.01. The zero-order valence-electron chi connectivity index (χ0n) is 9.54. The molecule has 0 unspecified atom stereocenters. The molecule has 0 bridgehead atoms. The Morgan fingerprint density at radius 3 is 2.22 bits per heavy atom. The van der Waals surface area contributed by atoms with Gasteiger partial charge in [-0.2, -0.15) is 0 Å². The summed E-state index contributed by atoms with van der Waals surface area (Å²) in [5.41, 5.74) is 0.283. The Kier molecular flexibility index (Phi) is 7.43. The lowest BCUT2D eigenvalue weighted by atomic mass is 10.1. The van der Waals surface area contributed by atoms with E-state index < -0.39 is 12.2 Å². The molecule has 104 valence electrons. The number of nitrogens with one attached hydrogen (secondary N) is 1. The van der Waals surface area contributed by atoms with Gasteiger partial charge in [-0.15, -0.1) is 24.8 Å². The molecule has 1 N–H and O–H groups in total. The molecule has 0 saturated carbocycles. The van der Waals surface area contributed by atoms with Gasteiger partial charge in [0.2, 0.25) is 0 Å². The second-order valence-electron chi connectivity index (χ2n) is 3.78.